The molecule has 0 bridgehead atoms. The molecule has 2 heteroatoms. The van der Waals surface area contributed by atoms with Crippen molar-refractivity contribution in [3.63, 3.8) is 0 Å². The fourth-order valence-corrected chi connectivity index (χ4v) is 1.24. The molecule has 1 rings (SSSR count). The van der Waals surface area contributed by atoms with Gasteiger partial charge in [0.2, 0.25) is 0 Å². The lowest BCUT2D eigenvalue weighted by atomic mass is 9.99. The number of carbonyl (C=O) groups is 1. The predicted octanol–water partition coefficient (Wildman–Crippen LogP) is 2.80. The van der Waals surface area contributed by atoms with Crippen LogP contribution in [0.15, 0.2) is 29.8 Å². The first kappa shape index (κ1) is 11.2. The Morgan fingerprint density at radius 1 is 1.40 bits per heavy atom. The van der Waals surface area contributed by atoms with Gasteiger partial charge in [-0.15, -0.1) is 0 Å². The zero-order valence-electron chi connectivity index (χ0n) is 8.90. The topological polar surface area (TPSA) is 40.9 Å². The average Bonchev–Trinajstić information content (AvgIpc) is 2.25. The van der Waals surface area contributed by atoms with Crippen LogP contribution in [-0.4, -0.2) is 6.29 Å². The normalized spacial score (nSPS) is 11.2. The van der Waals surface area contributed by atoms with Crippen LogP contribution in [0.2, 0.25) is 0 Å². The highest BCUT2D eigenvalue weighted by molar-refractivity contribution is 5.83. The molecule has 0 amide bonds. The zero-order valence-corrected chi connectivity index (χ0v) is 8.90. The predicted molar refractivity (Wildman–Crippen MR) is 60.0 cm³/mol. The summed E-state index contributed by atoms with van der Waals surface area (Å²) in [4.78, 5) is 10.8. The first-order chi connectivity index (χ1) is 7.19. The lowest BCUT2D eigenvalue weighted by Gasteiger charge is -2.04. The molecule has 0 aliphatic heterocycles. The number of hydrogen-bond donors (Lipinski definition) is 0. The Hall–Kier alpha value is -1.88. The van der Waals surface area contributed by atoms with Crippen molar-refractivity contribution in [3.8, 4) is 6.07 Å². The molecule has 0 radical (unpaired) electrons. The second kappa shape index (κ2) is 5.11. The van der Waals surface area contributed by atoms with Gasteiger partial charge in [-0.25, -0.2) is 0 Å². The van der Waals surface area contributed by atoms with E-state index in [1.165, 1.54) is 0 Å². The Morgan fingerprint density at radius 3 is 2.60 bits per heavy atom. The van der Waals surface area contributed by atoms with Crippen molar-refractivity contribution >= 4 is 12.4 Å². The van der Waals surface area contributed by atoms with Gasteiger partial charge in [0.15, 0.2) is 0 Å². The van der Waals surface area contributed by atoms with E-state index in [1.54, 1.807) is 12.1 Å². The van der Waals surface area contributed by atoms with Crippen LogP contribution in [0.4, 0.5) is 0 Å². The molecule has 76 valence electrons. The third-order valence-electron chi connectivity index (χ3n) is 2.21. The molecular weight excluding hydrogens is 186 g/mol. The van der Waals surface area contributed by atoms with Crippen LogP contribution in [0.5, 0.6) is 0 Å². The monoisotopic (exact) mass is 199 g/mol. The number of hydrogen-bond acceptors (Lipinski definition) is 2. The Kier molecular flexibility index (Phi) is 3.82. The Morgan fingerprint density at radius 2 is 2.07 bits per heavy atom. The number of aldehydes is 1. The van der Waals surface area contributed by atoms with E-state index in [9.17, 15) is 4.79 Å². The standard InChI is InChI=1S/C13H13NO/c1-10(2)13(9-15)7-11-5-3-4-6-12(11)8-14/h3-7,9-10H,1-2H3/b13-7+. The third kappa shape index (κ3) is 2.78. The summed E-state index contributed by atoms with van der Waals surface area (Å²) in [6, 6.07) is 9.35. The fourth-order valence-electron chi connectivity index (χ4n) is 1.24. The van der Waals surface area contributed by atoms with E-state index in [0.29, 0.717) is 11.1 Å². The van der Waals surface area contributed by atoms with Gasteiger partial charge in [-0.2, -0.15) is 5.26 Å². The van der Waals surface area contributed by atoms with E-state index in [2.05, 4.69) is 6.07 Å². The Bertz CT molecular complexity index is 424. The second-order valence-electron chi connectivity index (χ2n) is 3.62. The summed E-state index contributed by atoms with van der Waals surface area (Å²) in [6.07, 6.45) is 2.62. The molecule has 0 unspecified atom stereocenters. The maximum Gasteiger partial charge on any atom is 0.146 e. The first-order valence-corrected chi connectivity index (χ1v) is 4.85. The molecule has 0 saturated carbocycles. The first-order valence-electron chi connectivity index (χ1n) is 4.85. The fraction of sp³-hybridized carbons (Fsp3) is 0.231. The molecular formula is C13H13NO. The zero-order chi connectivity index (χ0) is 11.3. The molecule has 0 aromatic heterocycles. The van der Waals surface area contributed by atoms with E-state index in [1.807, 2.05) is 32.0 Å². The van der Waals surface area contributed by atoms with Gasteiger partial charge in [0.25, 0.3) is 0 Å². The smallest absolute Gasteiger partial charge is 0.146 e. The van der Waals surface area contributed by atoms with Crippen LogP contribution in [0.1, 0.15) is 25.0 Å². The van der Waals surface area contributed by atoms with Gasteiger partial charge < -0.3 is 0 Å². The van der Waals surface area contributed by atoms with E-state index in [-0.39, 0.29) is 5.92 Å². The number of rotatable bonds is 3. The van der Waals surface area contributed by atoms with Gasteiger partial charge in [0, 0.05) is 0 Å². The molecule has 2 nitrogen and oxygen atoms in total. The van der Waals surface area contributed by atoms with Gasteiger partial charge in [-0.05, 0) is 29.2 Å². The highest BCUT2D eigenvalue weighted by Crippen LogP contribution is 2.15. The Labute approximate surface area is 89.9 Å². The number of nitrogens with zero attached hydrogens (tertiary/aromatic N) is 1. The molecule has 1 aromatic carbocycles. The summed E-state index contributed by atoms with van der Waals surface area (Å²) in [5, 5.41) is 8.88. The van der Waals surface area contributed by atoms with Crippen LogP contribution >= 0.6 is 0 Å². The quantitative estimate of drug-likeness (QED) is 0.554. The maximum absolute atomic E-state index is 10.8. The van der Waals surface area contributed by atoms with E-state index in [4.69, 9.17) is 5.26 Å². The van der Waals surface area contributed by atoms with Crippen LogP contribution in [0.25, 0.3) is 6.08 Å². The van der Waals surface area contributed by atoms with Crippen molar-refractivity contribution in [1.29, 1.82) is 5.26 Å². The second-order valence-corrected chi connectivity index (χ2v) is 3.62. The molecule has 0 N–H and O–H groups in total. The summed E-state index contributed by atoms with van der Waals surface area (Å²) in [5.74, 6) is 0.175. The average molecular weight is 199 g/mol. The van der Waals surface area contributed by atoms with Crippen LogP contribution in [-0.2, 0) is 4.79 Å². The molecule has 0 atom stereocenters. The van der Waals surface area contributed by atoms with Crippen LogP contribution in [0.3, 0.4) is 0 Å². The Balaban J connectivity index is 3.18. The molecule has 0 spiro atoms. The minimum Gasteiger partial charge on any atom is -0.298 e. The SMILES string of the molecule is CC(C)/C(C=O)=C/c1ccccc1C#N. The number of allylic oxidation sites excluding steroid dienone is 1. The largest absolute Gasteiger partial charge is 0.298 e. The minimum absolute atomic E-state index is 0.175. The van der Waals surface area contributed by atoms with Crippen molar-refractivity contribution in [2.75, 3.05) is 0 Å². The van der Waals surface area contributed by atoms with Gasteiger partial charge in [0.1, 0.15) is 6.29 Å². The van der Waals surface area contributed by atoms with Gasteiger partial charge in [0.05, 0.1) is 11.6 Å². The van der Waals surface area contributed by atoms with Gasteiger partial charge in [-0.3, -0.25) is 4.79 Å². The van der Waals surface area contributed by atoms with Crippen molar-refractivity contribution in [2.24, 2.45) is 5.92 Å². The summed E-state index contributed by atoms with van der Waals surface area (Å²) < 4.78 is 0. The van der Waals surface area contributed by atoms with Gasteiger partial charge >= 0.3 is 0 Å². The van der Waals surface area contributed by atoms with Crippen molar-refractivity contribution < 1.29 is 4.79 Å². The van der Waals surface area contributed by atoms with Crippen molar-refractivity contribution in [3.05, 3.63) is 41.0 Å². The van der Waals surface area contributed by atoms with E-state index >= 15 is 0 Å². The summed E-state index contributed by atoms with van der Waals surface area (Å²) in [7, 11) is 0. The van der Waals surface area contributed by atoms with E-state index in [0.717, 1.165) is 11.8 Å². The molecule has 1 aromatic rings. The number of carbonyl (C=O) groups excluding carboxylic acids is 1. The maximum atomic E-state index is 10.8. The molecule has 0 saturated heterocycles. The minimum atomic E-state index is 0.175. The number of benzene rings is 1. The van der Waals surface area contributed by atoms with Crippen LogP contribution < -0.4 is 0 Å². The lowest BCUT2D eigenvalue weighted by Crippen LogP contribution is -1.95. The highest BCUT2D eigenvalue weighted by atomic mass is 16.1. The lowest BCUT2D eigenvalue weighted by molar-refractivity contribution is -0.105. The van der Waals surface area contributed by atoms with Crippen LogP contribution in [0, 0.1) is 17.2 Å². The van der Waals surface area contributed by atoms with Crippen molar-refractivity contribution in [2.45, 2.75) is 13.8 Å². The molecule has 0 heterocycles. The van der Waals surface area contributed by atoms with Gasteiger partial charge in [-0.1, -0.05) is 32.0 Å². The third-order valence-corrected chi connectivity index (χ3v) is 2.21. The highest BCUT2D eigenvalue weighted by Gasteiger charge is 2.03. The molecule has 0 aliphatic carbocycles. The molecule has 0 aliphatic rings. The molecule has 0 fully saturated rings. The summed E-state index contributed by atoms with van der Waals surface area (Å²) in [5.41, 5.74) is 2.10. The van der Waals surface area contributed by atoms with E-state index < -0.39 is 0 Å². The summed E-state index contributed by atoms with van der Waals surface area (Å²) >= 11 is 0. The number of nitriles is 1. The summed E-state index contributed by atoms with van der Waals surface area (Å²) in [6.45, 7) is 3.91. The van der Waals surface area contributed by atoms with Crippen molar-refractivity contribution in [1.82, 2.24) is 0 Å². The molecule has 15 heavy (non-hydrogen) atoms.